The smallest absolute Gasteiger partial charge is 0.268 e. The van der Waals surface area contributed by atoms with Crippen molar-refractivity contribution in [3.63, 3.8) is 0 Å². The van der Waals surface area contributed by atoms with Gasteiger partial charge in [-0.05, 0) is 61.5 Å². The van der Waals surface area contributed by atoms with E-state index in [0.29, 0.717) is 22.9 Å². The zero-order valence-electron chi connectivity index (χ0n) is 17.5. The summed E-state index contributed by atoms with van der Waals surface area (Å²) in [7, 11) is 0. The Labute approximate surface area is 193 Å². The lowest BCUT2D eigenvalue weighted by Gasteiger charge is -2.09. The van der Waals surface area contributed by atoms with E-state index < -0.39 is 11.7 Å². The van der Waals surface area contributed by atoms with Crippen LogP contribution in [0.5, 0.6) is 5.75 Å². The van der Waals surface area contributed by atoms with E-state index in [9.17, 15) is 14.4 Å². The van der Waals surface area contributed by atoms with Crippen LogP contribution in [0.15, 0.2) is 72.4 Å². The Hall–Kier alpha value is -4.29. The third kappa shape index (κ3) is 4.97. The number of nitrogens with zero attached hydrogens (tertiary/aromatic N) is 4. The highest BCUT2D eigenvalue weighted by molar-refractivity contribution is 7.18. The first-order valence-electron chi connectivity index (χ1n) is 10.0. The molecule has 33 heavy (non-hydrogen) atoms. The average Bonchev–Trinajstić information content (AvgIpc) is 3.48. The number of hydrogen-bond donors (Lipinski definition) is 1. The van der Waals surface area contributed by atoms with Gasteiger partial charge in [0.15, 0.2) is 5.01 Å². The molecule has 2 aromatic carbocycles. The highest BCUT2D eigenvalue weighted by atomic mass is 32.1. The lowest BCUT2D eigenvalue weighted by atomic mass is 10.2. The Kier molecular flexibility index (Phi) is 6.57. The number of anilines is 1. The minimum Gasteiger partial charge on any atom is -0.494 e. The van der Waals surface area contributed by atoms with Crippen molar-refractivity contribution in [1.29, 1.82) is 5.26 Å². The minimum absolute atomic E-state index is 0.108. The van der Waals surface area contributed by atoms with E-state index in [1.54, 1.807) is 24.3 Å². The molecule has 1 N–H and O–H groups in total. The van der Waals surface area contributed by atoms with E-state index in [1.165, 1.54) is 12.1 Å². The topological polar surface area (TPSA) is 92.8 Å². The van der Waals surface area contributed by atoms with E-state index in [2.05, 4.69) is 15.5 Å². The normalized spacial score (nSPS) is 11.1. The quantitative estimate of drug-likeness (QED) is 0.307. The predicted molar refractivity (Wildman–Crippen MR) is 124 cm³/mol. The first-order valence-corrected chi connectivity index (χ1v) is 10.8. The molecule has 2 aromatic heterocycles. The van der Waals surface area contributed by atoms with Crippen LogP contribution in [0.4, 0.5) is 9.52 Å². The second-order valence-electron chi connectivity index (χ2n) is 6.75. The first-order chi connectivity index (χ1) is 16.1. The molecule has 0 aliphatic rings. The van der Waals surface area contributed by atoms with E-state index in [1.807, 2.05) is 54.1 Å². The summed E-state index contributed by atoms with van der Waals surface area (Å²) >= 11 is 1.02. The third-order valence-electron chi connectivity index (χ3n) is 4.61. The summed E-state index contributed by atoms with van der Waals surface area (Å²) in [5, 5.41) is 20.4. The molecule has 0 saturated carbocycles. The Bertz CT molecular complexity index is 1350. The summed E-state index contributed by atoms with van der Waals surface area (Å²) in [6.45, 7) is 2.49. The van der Waals surface area contributed by atoms with Gasteiger partial charge in [-0.15, -0.1) is 10.2 Å². The second kappa shape index (κ2) is 9.89. The van der Waals surface area contributed by atoms with Crippen LogP contribution in [0.25, 0.3) is 22.3 Å². The van der Waals surface area contributed by atoms with Crippen LogP contribution in [-0.4, -0.2) is 27.3 Å². The number of aromatic nitrogens is 3. The molecule has 0 aliphatic carbocycles. The molecule has 0 saturated heterocycles. The van der Waals surface area contributed by atoms with Crippen LogP contribution < -0.4 is 10.1 Å². The molecule has 1 amide bonds. The average molecular weight is 460 g/mol. The molecule has 7 nitrogen and oxygen atoms in total. The van der Waals surface area contributed by atoms with Gasteiger partial charge >= 0.3 is 0 Å². The van der Waals surface area contributed by atoms with Gasteiger partial charge in [0.1, 0.15) is 23.2 Å². The zero-order valence-corrected chi connectivity index (χ0v) is 18.3. The molecular formula is C24H18FN5O2S. The van der Waals surface area contributed by atoms with Crippen molar-refractivity contribution in [3.05, 3.63) is 83.9 Å². The van der Waals surface area contributed by atoms with E-state index >= 15 is 0 Å². The summed E-state index contributed by atoms with van der Waals surface area (Å²) in [6.07, 6.45) is 3.32. The van der Waals surface area contributed by atoms with Gasteiger partial charge in [-0.1, -0.05) is 23.5 Å². The van der Waals surface area contributed by atoms with E-state index in [0.717, 1.165) is 22.8 Å². The first kappa shape index (κ1) is 21.9. The van der Waals surface area contributed by atoms with Crippen molar-refractivity contribution in [2.45, 2.75) is 6.92 Å². The van der Waals surface area contributed by atoms with Gasteiger partial charge in [0.05, 0.1) is 6.61 Å². The van der Waals surface area contributed by atoms with Gasteiger partial charge in [0.2, 0.25) is 5.13 Å². The van der Waals surface area contributed by atoms with Crippen molar-refractivity contribution in [2.75, 3.05) is 11.9 Å². The van der Waals surface area contributed by atoms with E-state index in [-0.39, 0.29) is 10.7 Å². The van der Waals surface area contributed by atoms with Crippen LogP contribution in [0.2, 0.25) is 0 Å². The number of amides is 1. The molecule has 4 aromatic rings. The molecule has 0 radical (unpaired) electrons. The number of nitrogens with one attached hydrogen (secondary N) is 1. The number of rotatable bonds is 7. The second-order valence-corrected chi connectivity index (χ2v) is 7.72. The van der Waals surface area contributed by atoms with Crippen LogP contribution in [0, 0.1) is 17.1 Å². The molecule has 0 spiro atoms. The largest absolute Gasteiger partial charge is 0.494 e. The number of halogens is 1. The van der Waals surface area contributed by atoms with Gasteiger partial charge in [-0.25, -0.2) is 4.39 Å². The number of ether oxygens (including phenoxy) is 1. The van der Waals surface area contributed by atoms with E-state index in [4.69, 9.17) is 4.74 Å². The van der Waals surface area contributed by atoms with Gasteiger partial charge in [-0.3, -0.25) is 10.1 Å². The molecule has 2 heterocycles. The molecule has 9 heteroatoms. The van der Waals surface area contributed by atoms with Crippen molar-refractivity contribution in [1.82, 2.24) is 14.8 Å². The molecular weight excluding hydrogens is 441 g/mol. The summed E-state index contributed by atoms with van der Waals surface area (Å²) in [4.78, 5) is 12.7. The molecule has 0 aliphatic heterocycles. The molecule has 0 fully saturated rings. The molecule has 0 unspecified atom stereocenters. The number of carbonyl (C=O) groups excluding carboxylic acids is 1. The van der Waals surface area contributed by atoms with Crippen LogP contribution in [0.1, 0.15) is 12.6 Å². The van der Waals surface area contributed by atoms with Crippen LogP contribution in [-0.2, 0) is 4.79 Å². The Morgan fingerprint density at radius 2 is 1.97 bits per heavy atom. The number of nitriles is 1. The number of hydrogen-bond acceptors (Lipinski definition) is 6. The Morgan fingerprint density at radius 1 is 1.18 bits per heavy atom. The maximum Gasteiger partial charge on any atom is 0.268 e. The molecule has 0 atom stereocenters. The number of carbonyl (C=O) groups is 1. The standard InChI is InChI=1S/C24H18FN5O2S/c1-2-32-19-11-9-17(10-12-19)30-13-5-6-18(30)14-16(15-26)22(31)27-24-29-28-23(33-24)20-7-3-4-8-21(20)25/h3-14H,2H2,1H3,(H,27,29,31)/b16-14-. The highest BCUT2D eigenvalue weighted by Crippen LogP contribution is 2.28. The Morgan fingerprint density at radius 3 is 2.70 bits per heavy atom. The fourth-order valence-electron chi connectivity index (χ4n) is 3.09. The summed E-state index contributed by atoms with van der Waals surface area (Å²) in [5.41, 5.74) is 1.68. The number of benzene rings is 2. The SMILES string of the molecule is CCOc1ccc(-n2cccc2/C=C(/C#N)C(=O)Nc2nnc(-c3ccccc3F)s2)cc1. The summed E-state index contributed by atoms with van der Waals surface area (Å²) in [5.74, 6) is -0.304. The lowest BCUT2D eigenvalue weighted by molar-refractivity contribution is -0.112. The van der Waals surface area contributed by atoms with Gasteiger partial charge in [0, 0.05) is 23.1 Å². The Balaban J connectivity index is 1.53. The zero-order chi connectivity index (χ0) is 23.2. The van der Waals surface area contributed by atoms with Crippen molar-refractivity contribution in [2.24, 2.45) is 0 Å². The van der Waals surface area contributed by atoms with Crippen LogP contribution >= 0.6 is 11.3 Å². The van der Waals surface area contributed by atoms with Gasteiger partial charge in [0.25, 0.3) is 5.91 Å². The van der Waals surface area contributed by atoms with Gasteiger partial charge < -0.3 is 9.30 Å². The minimum atomic E-state index is -0.631. The van der Waals surface area contributed by atoms with Gasteiger partial charge in [-0.2, -0.15) is 5.26 Å². The third-order valence-corrected chi connectivity index (χ3v) is 5.49. The lowest BCUT2D eigenvalue weighted by Crippen LogP contribution is -2.13. The maximum atomic E-state index is 14.0. The summed E-state index contributed by atoms with van der Waals surface area (Å²) in [6, 6.07) is 19.2. The highest BCUT2D eigenvalue weighted by Gasteiger charge is 2.16. The molecule has 0 bridgehead atoms. The summed E-state index contributed by atoms with van der Waals surface area (Å²) < 4.78 is 21.3. The maximum absolute atomic E-state index is 14.0. The predicted octanol–water partition coefficient (Wildman–Crippen LogP) is 5.08. The monoisotopic (exact) mass is 459 g/mol. The van der Waals surface area contributed by atoms with Crippen molar-refractivity contribution in [3.8, 4) is 28.1 Å². The fourth-order valence-corrected chi connectivity index (χ4v) is 3.86. The molecule has 4 rings (SSSR count). The molecule has 164 valence electrons. The van der Waals surface area contributed by atoms with Crippen LogP contribution in [0.3, 0.4) is 0 Å². The van der Waals surface area contributed by atoms with Crippen molar-refractivity contribution < 1.29 is 13.9 Å². The van der Waals surface area contributed by atoms with Crippen molar-refractivity contribution >= 4 is 28.5 Å². The fraction of sp³-hybridized carbons (Fsp3) is 0.0833.